The molecule has 3 rings (SSSR count). The monoisotopic (exact) mass is 196 g/mol. The Kier molecular flexibility index (Phi) is 1.48. The van der Waals surface area contributed by atoms with Crippen molar-refractivity contribution in [1.82, 2.24) is 0 Å². The summed E-state index contributed by atoms with van der Waals surface area (Å²) in [6.45, 7) is 3.71. The first-order chi connectivity index (χ1) is 7.25. The molecule has 0 atom stereocenters. The highest BCUT2D eigenvalue weighted by atomic mass is 16.5. The first-order valence-electron chi connectivity index (χ1n) is 4.70. The van der Waals surface area contributed by atoms with E-state index in [0.29, 0.717) is 11.3 Å². The van der Waals surface area contributed by atoms with Crippen molar-refractivity contribution in [2.24, 2.45) is 0 Å². The number of esters is 1. The molecule has 2 nitrogen and oxygen atoms in total. The SMILES string of the molecule is C=C1C(=O)Oc2cc3ccccc3cc21. The molecule has 0 amide bonds. The number of rotatable bonds is 0. The van der Waals surface area contributed by atoms with E-state index >= 15 is 0 Å². The van der Waals surface area contributed by atoms with Crippen LogP contribution in [0.25, 0.3) is 16.3 Å². The van der Waals surface area contributed by atoms with Gasteiger partial charge in [0, 0.05) is 5.56 Å². The van der Waals surface area contributed by atoms with E-state index in [0.717, 1.165) is 16.3 Å². The Bertz CT molecular complexity index is 597. The average molecular weight is 196 g/mol. The van der Waals surface area contributed by atoms with Crippen LogP contribution in [0.1, 0.15) is 5.56 Å². The Hall–Kier alpha value is -2.09. The maximum Gasteiger partial charge on any atom is 0.343 e. The number of benzene rings is 2. The van der Waals surface area contributed by atoms with Crippen LogP contribution >= 0.6 is 0 Å². The highest BCUT2D eigenvalue weighted by Gasteiger charge is 2.25. The Balaban J connectivity index is 2.36. The van der Waals surface area contributed by atoms with Crippen molar-refractivity contribution in [3.05, 3.63) is 48.5 Å². The summed E-state index contributed by atoms with van der Waals surface area (Å²) >= 11 is 0. The third-order valence-electron chi connectivity index (χ3n) is 2.62. The van der Waals surface area contributed by atoms with Crippen molar-refractivity contribution in [1.29, 1.82) is 0 Å². The van der Waals surface area contributed by atoms with Crippen molar-refractivity contribution in [3.63, 3.8) is 0 Å². The molecule has 0 aliphatic carbocycles. The van der Waals surface area contributed by atoms with Gasteiger partial charge in [-0.15, -0.1) is 0 Å². The van der Waals surface area contributed by atoms with E-state index in [-0.39, 0.29) is 5.97 Å². The van der Waals surface area contributed by atoms with Gasteiger partial charge in [-0.05, 0) is 22.9 Å². The zero-order chi connectivity index (χ0) is 10.4. The second-order valence-electron chi connectivity index (χ2n) is 3.56. The first kappa shape index (κ1) is 8.24. The minimum Gasteiger partial charge on any atom is -0.422 e. The van der Waals surface area contributed by atoms with Crippen molar-refractivity contribution in [2.45, 2.75) is 0 Å². The number of carbonyl (C=O) groups excluding carboxylic acids is 1. The summed E-state index contributed by atoms with van der Waals surface area (Å²) in [6, 6.07) is 11.7. The van der Waals surface area contributed by atoms with Crippen molar-refractivity contribution in [3.8, 4) is 5.75 Å². The van der Waals surface area contributed by atoms with E-state index < -0.39 is 0 Å². The van der Waals surface area contributed by atoms with Crippen LogP contribution in [-0.4, -0.2) is 5.97 Å². The molecule has 0 radical (unpaired) electrons. The van der Waals surface area contributed by atoms with Crippen LogP contribution in [-0.2, 0) is 4.79 Å². The summed E-state index contributed by atoms with van der Waals surface area (Å²) in [5.74, 6) is 0.268. The molecule has 0 spiro atoms. The van der Waals surface area contributed by atoms with Crippen LogP contribution in [0, 0.1) is 0 Å². The Morgan fingerprint density at radius 2 is 1.73 bits per heavy atom. The minimum atomic E-state index is -0.347. The molecular weight excluding hydrogens is 188 g/mol. The zero-order valence-corrected chi connectivity index (χ0v) is 7.99. The van der Waals surface area contributed by atoms with Gasteiger partial charge in [0.1, 0.15) is 5.75 Å². The van der Waals surface area contributed by atoms with E-state index in [2.05, 4.69) is 6.58 Å². The number of ether oxygens (including phenoxy) is 1. The molecule has 0 N–H and O–H groups in total. The van der Waals surface area contributed by atoms with Gasteiger partial charge in [0.2, 0.25) is 0 Å². The molecule has 1 heterocycles. The molecule has 15 heavy (non-hydrogen) atoms. The highest BCUT2D eigenvalue weighted by molar-refractivity contribution is 6.21. The molecule has 0 unspecified atom stereocenters. The predicted octanol–water partition coefficient (Wildman–Crippen LogP) is 2.77. The normalized spacial score (nSPS) is 14.1. The lowest BCUT2D eigenvalue weighted by atomic mass is 10.0. The molecule has 0 aromatic heterocycles. The lowest BCUT2D eigenvalue weighted by molar-refractivity contribution is -0.126. The Labute approximate surface area is 86.8 Å². The molecule has 2 heteroatoms. The quantitative estimate of drug-likeness (QED) is 0.368. The van der Waals surface area contributed by atoms with Gasteiger partial charge in [-0.3, -0.25) is 0 Å². The van der Waals surface area contributed by atoms with Gasteiger partial charge in [-0.2, -0.15) is 0 Å². The van der Waals surface area contributed by atoms with Crippen LogP contribution in [0.3, 0.4) is 0 Å². The lowest BCUT2D eigenvalue weighted by Crippen LogP contribution is -1.98. The van der Waals surface area contributed by atoms with E-state index in [1.54, 1.807) is 0 Å². The fraction of sp³-hybridized carbons (Fsp3) is 0. The molecule has 1 aliphatic heterocycles. The number of carbonyl (C=O) groups is 1. The predicted molar refractivity (Wildman–Crippen MR) is 58.6 cm³/mol. The fourth-order valence-corrected chi connectivity index (χ4v) is 1.81. The average Bonchev–Trinajstić information content (AvgIpc) is 2.52. The maximum atomic E-state index is 11.3. The fourth-order valence-electron chi connectivity index (χ4n) is 1.81. The largest absolute Gasteiger partial charge is 0.422 e. The van der Waals surface area contributed by atoms with Crippen LogP contribution in [0.2, 0.25) is 0 Å². The third-order valence-corrected chi connectivity index (χ3v) is 2.62. The molecule has 2 aromatic carbocycles. The smallest absolute Gasteiger partial charge is 0.343 e. The Morgan fingerprint density at radius 1 is 1.07 bits per heavy atom. The second kappa shape index (κ2) is 2.70. The summed E-state index contributed by atoms with van der Waals surface area (Å²) in [4.78, 5) is 11.3. The van der Waals surface area contributed by atoms with Crippen molar-refractivity contribution >= 4 is 22.3 Å². The summed E-state index contributed by atoms with van der Waals surface area (Å²) in [6.07, 6.45) is 0. The van der Waals surface area contributed by atoms with Gasteiger partial charge in [0.05, 0.1) is 5.57 Å². The van der Waals surface area contributed by atoms with Gasteiger partial charge in [0.15, 0.2) is 0 Å². The van der Waals surface area contributed by atoms with Crippen LogP contribution in [0.4, 0.5) is 0 Å². The summed E-state index contributed by atoms with van der Waals surface area (Å²) in [5.41, 5.74) is 1.24. The van der Waals surface area contributed by atoms with Gasteiger partial charge in [-0.1, -0.05) is 30.8 Å². The molecule has 72 valence electrons. The van der Waals surface area contributed by atoms with Crippen LogP contribution in [0.5, 0.6) is 5.75 Å². The standard InChI is InChI=1S/C13H8O2/c1-8-11-6-9-4-2-3-5-10(9)7-12(11)15-13(8)14/h2-7H,1H2. The molecule has 0 saturated heterocycles. The van der Waals surface area contributed by atoms with Gasteiger partial charge in [0.25, 0.3) is 0 Å². The van der Waals surface area contributed by atoms with Crippen molar-refractivity contribution < 1.29 is 9.53 Å². The Morgan fingerprint density at radius 3 is 2.47 bits per heavy atom. The zero-order valence-electron chi connectivity index (χ0n) is 7.99. The van der Waals surface area contributed by atoms with Gasteiger partial charge < -0.3 is 4.74 Å². The number of hydrogen-bond donors (Lipinski definition) is 0. The summed E-state index contributed by atoms with van der Waals surface area (Å²) in [5, 5.41) is 2.16. The molecule has 0 bridgehead atoms. The van der Waals surface area contributed by atoms with Crippen LogP contribution in [0.15, 0.2) is 43.0 Å². The number of fused-ring (bicyclic) bond motifs is 2. The van der Waals surface area contributed by atoms with Gasteiger partial charge in [-0.25, -0.2) is 4.79 Å². The number of hydrogen-bond acceptors (Lipinski definition) is 2. The maximum absolute atomic E-state index is 11.3. The molecule has 1 aliphatic rings. The van der Waals surface area contributed by atoms with E-state index in [1.165, 1.54) is 0 Å². The first-order valence-corrected chi connectivity index (χ1v) is 4.70. The van der Waals surface area contributed by atoms with Crippen LogP contribution < -0.4 is 4.74 Å². The highest BCUT2D eigenvalue weighted by Crippen LogP contribution is 2.36. The second-order valence-corrected chi connectivity index (χ2v) is 3.56. The molecule has 0 saturated carbocycles. The summed E-state index contributed by atoms with van der Waals surface area (Å²) in [7, 11) is 0. The lowest BCUT2D eigenvalue weighted by Gasteiger charge is -2.00. The van der Waals surface area contributed by atoms with Crippen molar-refractivity contribution in [2.75, 3.05) is 0 Å². The van der Waals surface area contributed by atoms with E-state index in [4.69, 9.17) is 4.74 Å². The molecular formula is C13H8O2. The molecule has 0 fully saturated rings. The summed E-state index contributed by atoms with van der Waals surface area (Å²) < 4.78 is 5.09. The minimum absolute atomic E-state index is 0.347. The van der Waals surface area contributed by atoms with Gasteiger partial charge >= 0.3 is 5.97 Å². The van der Waals surface area contributed by atoms with E-state index in [1.807, 2.05) is 36.4 Å². The topological polar surface area (TPSA) is 26.3 Å². The molecule has 2 aromatic rings. The van der Waals surface area contributed by atoms with E-state index in [9.17, 15) is 4.79 Å². The third kappa shape index (κ3) is 1.08.